The molecule has 0 aromatic heterocycles. The standard InChI is InChI=1S/C22H11F5N2/c1-29-22(16-17(23)19(25)21(27)20(26)18(16)24)12-4-3-11-7-13-6-10(9-28)2-5-14(13)15(11)8-12/h2-6,8H,7H2,1H3. The number of benzene rings is 3. The summed E-state index contributed by atoms with van der Waals surface area (Å²) in [6.45, 7) is 0. The molecule has 2 nitrogen and oxygen atoms in total. The summed E-state index contributed by atoms with van der Waals surface area (Å²) in [6, 6.07) is 12.1. The highest BCUT2D eigenvalue weighted by Gasteiger charge is 2.29. The normalized spacial score (nSPS) is 12.5. The van der Waals surface area contributed by atoms with Crippen molar-refractivity contribution < 1.29 is 22.0 Å². The van der Waals surface area contributed by atoms with Gasteiger partial charge in [0, 0.05) is 12.6 Å². The monoisotopic (exact) mass is 398 g/mol. The van der Waals surface area contributed by atoms with Gasteiger partial charge in [-0.2, -0.15) is 5.26 Å². The van der Waals surface area contributed by atoms with Crippen molar-refractivity contribution in [1.82, 2.24) is 0 Å². The summed E-state index contributed by atoms with van der Waals surface area (Å²) >= 11 is 0. The van der Waals surface area contributed by atoms with Crippen molar-refractivity contribution in [3.8, 4) is 17.2 Å². The van der Waals surface area contributed by atoms with Gasteiger partial charge in [0.2, 0.25) is 5.82 Å². The van der Waals surface area contributed by atoms with Gasteiger partial charge in [-0.15, -0.1) is 0 Å². The number of fused-ring (bicyclic) bond motifs is 3. The number of aliphatic imine (C=N–C) groups is 1. The van der Waals surface area contributed by atoms with Crippen LogP contribution in [0, 0.1) is 40.4 Å². The maximum Gasteiger partial charge on any atom is 0.200 e. The van der Waals surface area contributed by atoms with Gasteiger partial charge in [0.1, 0.15) is 0 Å². The van der Waals surface area contributed by atoms with Gasteiger partial charge in [0.15, 0.2) is 23.3 Å². The summed E-state index contributed by atoms with van der Waals surface area (Å²) in [5, 5.41) is 9.05. The molecular weight excluding hydrogens is 387 g/mol. The zero-order chi connectivity index (χ0) is 20.9. The first kappa shape index (κ1) is 18.8. The molecule has 3 aromatic carbocycles. The number of hydrogen-bond donors (Lipinski definition) is 0. The lowest BCUT2D eigenvalue weighted by atomic mass is 9.96. The number of halogens is 5. The fourth-order valence-corrected chi connectivity index (χ4v) is 3.60. The van der Waals surface area contributed by atoms with Crippen molar-refractivity contribution in [2.45, 2.75) is 6.42 Å². The smallest absolute Gasteiger partial charge is 0.200 e. The van der Waals surface area contributed by atoms with E-state index >= 15 is 0 Å². The third-order valence-electron chi connectivity index (χ3n) is 4.96. The second-order valence-corrected chi connectivity index (χ2v) is 6.55. The van der Waals surface area contributed by atoms with E-state index in [0.717, 1.165) is 22.3 Å². The Morgan fingerprint density at radius 2 is 1.48 bits per heavy atom. The van der Waals surface area contributed by atoms with E-state index in [2.05, 4.69) is 11.1 Å². The number of rotatable bonds is 2. The second-order valence-electron chi connectivity index (χ2n) is 6.55. The zero-order valence-electron chi connectivity index (χ0n) is 15.0. The summed E-state index contributed by atoms with van der Waals surface area (Å²) in [5.74, 6) is -10.1. The molecule has 1 aliphatic rings. The van der Waals surface area contributed by atoms with Gasteiger partial charge in [-0.3, -0.25) is 4.99 Å². The molecule has 0 atom stereocenters. The Morgan fingerprint density at radius 3 is 2.10 bits per heavy atom. The molecule has 0 aliphatic heterocycles. The van der Waals surface area contributed by atoms with Crippen LogP contribution in [0.2, 0.25) is 0 Å². The third-order valence-corrected chi connectivity index (χ3v) is 4.96. The van der Waals surface area contributed by atoms with Crippen LogP contribution in [0.15, 0.2) is 41.4 Å². The Kier molecular flexibility index (Phi) is 4.42. The molecule has 0 amide bonds. The molecular formula is C22H11F5N2. The molecule has 0 radical (unpaired) electrons. The summed E-state index contributed by atoms with van der Waals surface area (Å²) in [4.78, 5) is 3.81. The predicted octanol–water partition coefficient (Wildman–Crippen LogP) is 5.29. The largest absolute Gasteiger partial charge is 0.287 e. The van der Waals surface area contributed by atoms with Gasteiger partial charge >= 0.3 is 0 Å². The number of hydrogen-bond acceptors (Lipinski definition) is 2. The lowest BCUT2D eigenvalue weighted by molar-refractivity contribution is 0.377. The van der Waals surface area contributed by atoms with E-state index in [0.29, 0.717) is 12.0 Å². The van der Waals surface area contributed by atoms with Gasteiger partial charge in [-0.25, -0.2) is 22.0 Å². The lowest BCUT2D eigenvalue weighted by Crippen LogP contribution is -2.14. The predicted molar refractivity (Wildman–Crippen MR) is 97.2 cm³/mol. The average molecular weight is 398 g/mol. The van der Waals surface area contributed by atoms with Crippen LogP contribution in [0.25, 0.3) is 11.1 Å². The highest BCUT2D eigenvalue weighted by molar-refractivity contribution is 6.14. The van der Waals surface area contributed by atoms with Crippen molar-refractivity contribution in [3.63, 3.8) is 0 Å². The van der Waals surface area contributed by atoms with Crippen LogP contribution in [0.5, 0.6) is 0 Å². The van der Waals surface area contributed by atoms with Crippen molar-refractivity contribution >= 4 is 5.71 Å². The highest BCUT2D eigenvalue weighted by Crippen LogP contribution is 2.38. The molecule has 0 N–H and O–H groups in total. The number of nitriles is 1. The van der Waals surface area contributed by atoms with E-state index < -0.39 is 34.6 Å². The average Bonchev–Trinajstić information content (AvgIpc) is 3.10. The van der Waals surface area contributed by atoms with E-state index in [1.807, 2.05) is 0 Å². The molecule has 0 heterocycles. The Morgan fingerprint density at radius 1 is 0.828 bits per heavy atom. The number of nitrogens with zero attached hydrogens (tertiary/aromatic N) is 2. The molecule has 0 saturated heterocycles. The minimum absolute atomic E-state index is 0.215. The van der Waals surface area contributed by atoms with Gasteiger partial charge in [-0.1, -0.05) is 18.2 Å². The maximum absolute atomic E-state index is 14.3. The molecule has 0 spiro atoms. The molecule has 7 heteroatoms. The van der Waals surface area contributed by atoms with E-state index in [-0.39, 0.29) is 11.3 Å². The minimum atomic E-state index is -2.21. The first-order valence-corrected chi connectivity index (χ1v) is 8.52. The molecule has 4 rings (SSSR count). The lowest BCUT2D eigenvalue weighted by Gasteiger charge is -2.12. The Balaban J connectivity index is 1.88. The fraction of sp³-hybridized carbons (Fsp3) is 0.0909. The van der Waals surface area contributed by atoms with Crippen LogP contribution in [-0.2, 0) is 6.42 Å². The van der Waals surface area contributed by atoms with Gasteiger partial charge in [-0.05, 0) is 46.9 Å². The first-order chi connectivity index (χ1) is 13.9. The summed E-state index contributed by atoms with van der Waals surface area (Å²) in [7, 11) is 1.22. The topological polar surface area (TPSA) is 36.1 Å². The van der Waals surface area contributed by atoms with E-state index in [1.165, 1.54) is 13.1 Å². The maximum atomic E-state index is 14.3. The van der Waals surface area contributed by atoms with Crippen LogP contribution in [0.3, 0.4) is 0 Å². The molecule has 0 bridgehead atoms. The molecule has 29 heavy (non-hydrogen) atoms. The SMILES string of the molecule is CN=C(c1ccc2c(c1)-c1ccc(C#N)cc1C2)c1c(F)c(F)c(F)c(F)c1F. The summed E-state index contributed by atoms with van der Waals surface area (Å²) in [6.07, 6.45) is 0.571. The highest BCUT2D eigenvalue weighted by atomic mass is 19.2. The van der Waals surface area contributed by atoms with E-state index in [4.69, 9.17) is 5.26 Å². The van der Waals surface area contributed by atoms with Crippen LogP contribution < -0.4 is 0 Å². The molecule has 1 aliphatic carbocycles. The van der Waals surface area contributed by atoms with Crippen molar-refractivity contribution in [2.24, 2.45) is 4.99 Å². The molecule has 0 fully saturated rings. The summed E-state index contributed by atoms with van der Waals surface area (Å²) < 4.78 is 69.3. The van der Waals surface area contributed by atoms with Crippen LogP contribution in [0.4, 0.5) is 22.0 Å². The molecule has 3 aromatic rings. The molecule has 144 valence electrons. The first-order valence-electron chi connectivity index (χ1n) is 8.52. The molecule has 0 unspecified atom stereocenters. The summed E-state index contributed by atoms with van der Waals surface area (Å²) in [5.41, 5.74) is 2.75. The second kappa shape index (κ2) is 6.82. The Labute approximate surface area is 162 Å². The van der Waals surface area contributed by atoms with Crippen LogP contribution in [-0.4, -0.2) is 12.8 Å². The zero-order valence-corrected chi connectivity index (χ0v) is 15.0. The van der Waals surface area contributed by atoms with Crippen LogP contribution in [0.1, 0.15) is 27.8 Å². The van der Waals surface area contributed by atoms with Crippen molar-refractivity contribution in [1.29, 1.82) is 5.26 Å². The van der Waals surface area contributed by atoms with Crippen LogP contribution >= 0.6 is 0 Å². The third kappa shape index (κ3) is 2.80. The van der Waals surface area contributed by atoms with Gasteiger partial charge in [0.05, 0.1) is 22.9 Å². The van der Waals surface area contributed by atoms with E-state index in [1.54, 1.807) is 30.3 Å². The Hall–Kier alpha value is -3.53. The van der Waals surface area contributed by atoms with Gasteiger partial charge in [0.25, 0.3) is 0 Å². The van der Waals surface area contributed by atoms with E-state index in [9.17, 15) is 22.0 Å². The van der Waals surface area contributed by atoms with Crippen molar-refractivity contribution in [2.75, 3.05) is 7.05 Å². The quantitative estimate of drug-likeness (QED) is 0.196. The Bertz CT molecular complexity index is 1230. The van der Waals surface area contributed by atoms with Gasteiger partial charge < -0.3 is 0 Å². The fourth-order valence-electron chi connectivity index (χ4n) is 3.60. The van der Waals surface area contributed by atoms with Crippen molar-refractivity contribution in [3.05, 3.63) is 93.3 Å². The molecule has 0 saturated carbocycles. The minimum Gasteiger partial charge on any atom is -0.287 e.